The fourth-order valence-corrected chi connectivity index (χ4v) is 4.57. The molecule has 192 valence electrons. The molecule has 8 heteroatoms. The second kappa shape index (κ2) is 10.5. The number of aryl methyl sites for hydroxylation is 3. The van der Waals surface area contributed by atoms with Crippen molar-refractivity contribution in [3.8, 4) is 17.0 Å². The van der Waals surface area contributed by atoms with Crippen LogP contribution in [0.5, 0.6) is 5.88 Å². The van der Waals surface area contributed by atoms with Crippen LogP contribution in [0.15, 0.2) is 73.1 Å². The van der Waals surface area contributed by atoms with E-state index in [2.05, 4.69) is 10.1 Å². The number of nitrogens with zero attached hydrogens (tertiary/aromatic N) is 3. The second-order valence-electron chi connectivity index (χ2n) is 9.06. The molecule has 0 aliphatic heterocycles. The van der Waals surface area contributed by atoms with Crippen molar-refractivity contribution in [2.75, 3.05) is 0 Å². The molecule has 5 aromatic rings. The van der Waals surface area contributed by atoms with Crippen LogP contribution < -0.4 is 4.74 Å². The van der Waals surface area contributed by atoms with Gasteiger partial charge in [0.25, 0.3) is 0 Å². The highest BCUT2D eigenvalue weighted by molar-refractivity contribution is 6.03. The van der Waals surface area contributed by atoms with Gasteiger partial charge in [-0.1, -0.05) is 30.3 Å². The average molecular weight is 516 g/mol. The van der Waals surface area contributed by atoms with E-state index in [1.165, 1.54) is 4.52 Å². The van der Waals surface area contributed by atoms with Crippen molar-refractivity contribution in [2.45, 2.75) is 33.3 Å². The maximum absolute atomic E-state index is 14.1. The van der Waals surface area contributed by atoms with Crippen LogP contribution >= 0.6 is 0 Å². The number of aromatic nitrogens is 3. The summed E-state index contributed by atoms with van der Waals surface area (Å²) in [5.74, 6) is -3.27. The first-order chi connectivity index (χ1) is 18.3. The van der Waals surface area contributed by atoms with Crippen LogP contribution in [0.4, 0.5) is 13.2 Å². The standard InChI is InChI=1S/C30H24F3N3O2/c1-18-14-26-29(27(37)12-9-20-6-3-4-8-22(20)21-7-5-13-34-16-21)19(2)35-36(26)28(15-18)38-17-23-24(31)10-11-25(32)30(23)33/h3-8,10-11,13-16H,9,12,17H2,1-2H3. The molecule has 0 atom stereocenters. The molecule has 38 heavy (non-hydrogen) atoms. The number of fused-ring (bicyclic) bond motifs is 1. The zero-order valence-electron chi connectivity index (χ0n) is 20.8. The number of halogens is 3. The summed E-state index contributed by atoms with van der Waals surface area (Å²) in [4.78, 5) is 17.6. The summed E-state index contributed by atoms with van der Waals surface area (Å²) >= 11 is 0. The highest BCUT2D eigenvalue weighted by atomic mass is 19.2. The largest absolute Gasteiger partial charge is 0.473 e. The first kappa shape index (κ1) is 25.2. The number of hydrogen-bond acceptors (Lipinski definition) is 4. The Hall–Kier alpha value is -4.46. The zero-order chi connectivity index (χ0) is 26.8. The van der Waals surface area contributed by atoms with Gasteiger partial charge < -0.3 is 4.74 Å². The number of carbonyl (C=O) groups excluding carboxylic acids is 1. The monoisotopic (exact) mass is 515 g/mol. The second-order valence-corrected chi connectivity index (χ2v) is 9.06. The Morgan fingerprint density at radius 3 is 2.55 bits per heavy atom. The molecule has 0 aliphatic rings. The number of benzene rings is 2. The molecule has 0 aliphatic carbocycles. The number of Topliss-reactive ketones (excluding diaryl/α,β-unsaturated/α-hetero) is 1. The van der Waals surface area contributed by atoms with Gasteiger partial charge in [-0.3, -0.25) is 9.78 Å². The fraction of sp³-hybridized carbons (Fsp3) is 0.167. The zero-order valence-corrected chi connectivity index (χ0v) is 20.8. The number of carbonyl (C=O) groups is 1. The van der Waals surface area contributed by atoms with E-state index in [9.17, 15) is 18.0 Å². The van der Waals surface area contributed by atoms with E-state index in [-0.39, 0.29) is 18.1 Å². The maximum atomic E-state index is 14.1. The molecule has 0 amide bonds. The van der Waals surface area contributed by atoms with Gasteiger partial charge in [0, 0.05) is 30.4 Å². The van der Waals surface area contributed by atoms with Crippen LogP contribution in [0.2, 0.25) is 0 Å². The third kappa shape index (κ3) is 4.89. The summed E-state index contributed by atoms with van der Waals surface area (Å²) in [5, 5.41) is 4.47. The minimum Gasteiger partial charge on any atom is -0.473 e. The number of ketones is 1. The molecule has 0 saturated carbocycles. The quantitative estimate of drug-likeness (QED) is 0.168. The van der Waals surface area contributed by atoms with Crippen molar-refractivity contribution in [2.24, 2.45) is 0 Å². The number of rotatable bonds is 8. The highest BCUT2D eigenvalue weighted by Gasteiger charge is 2.21. The van der Waals surface area contributed by atoms with Gasteiger partial charge in [-0.25, -0.2) is 17.7 Å². The predicted octanol–water partition coefficient (Wildman–Crippen LogP) is 6.82. The number of hydrogen-bond donors (Lipinski definition) is 0. The summed E-state index contributed by atoms with van der Waals surface area (Å²) < 4.78 is 49.0. The van der Waals surface area contributed by atoms with E-state index in [1.54, 1.807) is 25.4 Å². The van der Waals surface area contributed by atoms with Gasteiger partial charge in [0.15, 0.2) is 17.4 Å². The Kier molecular flexibility index (Phi) is 6.96. The Labute approximate surface area is 217 Å². The lowest BCUT2D eigenvalue weighted by atomic mass is 9.95. The van der Waals surface area contributed by atoms with Gasteiger partial charge in [-0.05, 0) is 61.2 Å². The summed E-state index contributed by atoms with van der Waals surface area (Å²) in [6.45, 7) is 3.01. The van der Waals surface area contributed by atoms with Crippen LogP contribution in [-0.2, 0) is 13.0 Å². The van der Waals surface area contributed by atoms with E-state index in [0.717, 1.165) is 34.4 Å². The normalized spacial score (nSPS) is 11.2. The van der Waals surface area contributed by atoms with Crippen molar-refractivity contribution in [1.29, 1.82) is 0 Å². The van der Waals surface area contributed by atoms with Crippen molar-refractivity contribution in [3.05, 3.63) is 118 Å². The van der Waals surface area contributed by atoms with Crippen molar-refractivity contribution in [3.63, 3.8) is 0 Å². The molecule has 0 spiro atoms. The van der Waals surface area contributed by atoms with Crippen LogP contribution in [0.3, 0.4) is 0 Å². The summed E-state index contributed by atoms with van der Waals surface area (Å²) in [6.07, 6.45) is 4.29. The summed E-state index contributed by atoms with van der Waals surface area (Å²) in [5.41, 5.74) is 4.77. The molecule has 0 radical (unpaired) electrons. The molecule has 3 aromatic heterocycles. The lowest BCUT2D eigenvalue weighted by molar-refractivity contribution is 0.0984. The smallest absolute Gasteiger partial charge is 0.215 e. The molecule has 5 rings (SSSR count). The van der Waals surface area contributed by atoms with Gasteiger partial charge in [0.1, 0.15) is 12.4 Å². The summed E-state index contributed by atoms with van der Waals surface area (Å²) in [6, 6.07) is 16.8. The van der Waals surface area contributed by atoms with Gasteiger partial charge >= 0.3 is 0 Å². The lowest BCUT2D eigenvalue weighted by Gasteiger charge is -2.11. The molecule has 5 nitrogen and oxygen atoms in total. The van der Waals surface area contributed by atoms with Gasteiger partial charge in [-0.2, -0.15) is 5.10 Å². The Bertz CT molecular complexity index is 1650. The summed E-state index contributed by atoms with van der Waals surface area (Å²) in [7, 11) is 0. The van der Waals surface area contributed by atoms with Gasteiger partial charge in [0.05, 0.1) is 22.3 Å². The topological polar surface area (TPSA) is 56.5 Å². The van der Waals surface area contributed by atoms with E-state index in [4.69, 9.17) is 4.74 Å². The minimum atomic E-state index is -1.30. The first-order valence-electron chi connectivity index (χ1n) is 12.1. The molecule has 0 unspecified atom stereocenters. The third-order valence-corrected chi connectivity index (χ3v) is 6.41. The average Bonchev–Trinajstić information content (AvgIpc) is 3.25. The van der Waals surface area contributed by atoms with Gasteiger partial charge in [0.2, 0.25) is 5.88 Å². The van der Waals surface area contributed by atoms with Gasteiger partial charge in [-0.15, -0.1) is 0 Å². The van der Waals surface area contributed by atoms with E-state index >= 15 is 0 Å². The molecule has 0 fully saturated rings. The molecular formula is C30H24F3N3O2. The van der Waals surface area contributed by atoms with Crippen LogP contribution in [0.1, 0.15) is 39.2 Å². The van der Waals surface area contributed by atoms with Crippen molar-refractivity contribution < 1.29 is 22.7 Å². The highest BCUT2D eigenvalue weighted by Crippen LogP contribution is 2.28. The molecular weight excluding hydrogens is 491 g/mol. The molecule has 0 bridgehead atoms. The number of pyridine rings is 2. The third-order valence-electron chi connectivity index (χ3n) is 6.41. The maximum Gasteiger partial charge on any atom is 0.215 e. The van der Waals surface area contributed by atoms with Crippen LogP contribution in [0, 0.1) is 31.3 Å². The van der Waals surface area contributed by atoms with E-state index in [0.29, 0.717) is 23.2 Å². The van der Waals surface area contributed by atoms with Crippen LogP contribution in [0.25, 0.3) is 16.6 Å². The van der Waals surface area contributed by atoms with Crippen molar-refractivity contribution in [1.82, 2.24) is 14.6 Å². The Morgan fingerprint density at radius 1 is 0.974 bits per heavy atom. The van der Waals surface area contributed by atoms with Crippen LogP contribution in [-0.4, -0.2) is 20.4 Å². The Morgan fingerprint density at radius 2 is 1.76 bits per heavy atom. The SMILES string of the molecule is Cc1cc(OCc2c(F)ccc(F)c2F)n2nc(C)c(C(=O)CCc3ccccc3-c3cccnc3)c2c1. The fourth-order valence-electron chi connectivity index (χ4n) is 4.57. The molecule has 0 N–H and O–H groups in total. The van der Waals surface area contributed by atoms with E-state index < -0.39 is 29.6 Å². The lowest BCUT2D eigenvalue weighted by Crippen LogP contribution is -2.07. The molecule has 3 heterocycles. The molecule has 2 aromatic carbocycles. The first-order valence-corrected chi connectivity index (χ1v) is 12.1. The Balaban J connectivity index is 1.41. The predicted molar refractivity (Wildman–Crippen MR) is 138 cm³/mol. The van der Waals surface area contributed by atoms with Crippen molar-refractivity contribution >= 4 is 11.3 Å². The molecule has 0 saturated heterocycles. The van der Waals surface area contributed by atoms with E-state index in [1.807, 2.05) is 49.4 Å². The number of ether oxygens (including phenoxy) is 1. The minimum absolute atomic E-state index is 0.0859.